The van der Waals surface area contributed by atoms with Crippen molar-refractivity contribution in [3.63, 3.8) is 0 Å². The molecule has 0 bridgehead atoms. The van der Waals surface area contributed by atoms with Crippen LogP contribution in [0.1, 0.15) is 21.5 Å². The fourth-order valence-electron chi connectivity index (χ4n) is 2.61. The standard InChI is InChI=1S/C17H15NO2/c1-2-17(20)15-11-7-6-10-14(15)16(19)18(17)12-13-8-4-3-5-9-13/h2-11,20H,1,12H2. The van der Waals surface area contributed by atoms with E-state index >= 15 is 0 Å². The molecular weight excluding hydrogens is 250 g/mol. The predicted octanol–water partition coefficient (Wildman–Crippen LogP) is 2.67. The van der Waals surface area contributed by atoms with Crippen LogP contribution in [0.2, 0.25) is 0 Å². The van der Waals surface area contributed by atoms with Gasteiger partial charge in [-0.05, 0) is 17.7 Å². The summed E-state index contributed by atoms with van der Waals surface area (Å²) in [6, 6.07) is 16.7. The molecule has 3 rings (SSSR count). The summed E-state index contributed by atoms with van der Waals surface area (Å²) < 4.78 is 0. The van der Waals surface area contributed by atoms with E-state index in [4.69, 9.17) is 0 Å². The quantitative estimate of drug-likeness (QED) is 0.867. The second-order valence-electron chi connectivity index (χ2n) is 4.85. The molecule has 0 aromatic heterocycles. The van der Waals surface area contributed by atoms with E-state index in [1.807, 2.05) is 36.4 Å². The predicted molar refractivity (Wildman–Crippen MR) is 76.9 cm³/mol. The highest BCUT2D eigenvalue weighted by Gasteiger charge is 2.46. The van der Waals surface area contributed by atoms with Crippen LogP contribution in [0.5, 0.6) is 0 Å². The Morgan fingerprint density at radius 2 is 1.75 bits per heavy atom. The molecule has 0 saturated heterocycles. The zero-order valence-electron chi connectivity index (χ0n) is 11.0. The van der Waals surface area contributed by atoms with Crippen LogP contribution >= 0.6 is 0 Å². The van der Waals surface area contributed by atoms with E-state index in [2.05, 4.69) is 6.58 Å². The van der Waals surface area contributed by atoms with Gasteiger partial charge in [-0.1, -0.05) is 55.1 Å². The summed E-state index contributed by atoms with van der Waals surface area (Å²) in [5.74, 6) is -0.174. The van der Waals surface area contributed by atoms with Gasteiger partial charge >= 0.3 is 0 Å². The number of carbonyl (C=O) groups is 1. The monoisotopic (exact) mass is 265 g/mol. The van der Waals surface area contributed by atoms with Crippen LogP contribution in [0, 0.1) is 0 Å². The van der Waals surface area contributed by atoms with Crippen molar-refractivity contribution in [1.82, 2.24) is 4.90 Å². The van der Waals surface area contributed by atoms with Crippen molar-refractivity contribution in [2.75, 3.05) is 0 Å². The lowest BCUT2D eigenvalue weighted by Crippen LogP contribution is -2.41. The normalized spacial score (nSPS) is 20.9. The van der Waals surface area contributed by atoms with Crippen molar-refractivity contribution in [2.24, 2.45) is 0 Å². The molecule has 1 aliphatic heterocycles. The van der Waals surface area contributed by atoms with Crippen LogP contribution in [-0.2, 0) is 12.3 Å². The highest BCUT2D eigenvalue weighted by atomic mass is 16.3. The summed E-state index contributed by atoms with van der Waals surface area (Å²) in [6.07, 6.45) is 1.42. The summed E-state index contributed by atoms with van der Waals surface area (Å²) in [4.78, 5) is 13.9. The summed E-state index contributed by atoms with van der Waals surface area (Å²) in [5, 5.41) is 10.8. The minimum Gasteiger partial charge on any atom is -0.363 e. The van der Waals surface area contributed by atoms with Crippen LogP contribution in [0.3, 0.4) is 0 Å². The SMILES string of the molecule is C=CC1(O)c2ccccc2C(=O)N1Cc1ccccc1. The van der Waals surface area contributed by atoms with Crippen LogP contribution in [0.15, 0.2) is 67.3 Å². The fourth-order valence-corrected chi connectivity index (χ4v) is 2.61. The molecule has 2 aromatic carbocycles. The Labute approximate surface area is 117 Å². The van der Waals surface area contributed by atoms with Gasteiger partial charge in [0.15, 0.2) is 5.72 Å². The number of benzene rings is 2. The first-order valence-electron chi connectivity index (χ1n) is 6.48. The first-order chi connectivity index (χ1) is 9.66. The Morgan fingerprint density at radius 3 is 2.45 bits per heavy atom. The molecule has 1 amide bonds. The van der Waals surface area contributed by atoms with E-state index in [0.717, 1.165) is 5.56 Å². The largest absolute Gasteiger partial charge is 0.363 e. The smallest absolute Gasteiger partial charge is 0.257 e. The van der Waals surface area contributed by atoms with Gasteiger partial charge in [-0.3, -0.25) is 9.69 Å². The lowest BCUT2D eigenvalue weighted by Gasteiger charge is -2.31. The molecule has 0 saturated carbocycles. The molecular formula is C17H15NO2. The number of hydrogen-bond acceptors (Lipinski definition) is 2. The molecule has 100 valence electrons. The fraction of sp³-hybridized carbons (Fsp3) is 0.118. The Hall–Kier alpha value is -2.39. The molecule has 1 aliphatic rings. The van der Waals surface area contributed by atoms with Crippen molar-refractivity contribution in [2.45, 2.75) is 12.3 Å². The van der Waals surface area contributed by atoms with Crippen molar-refractivity contribution in [3.05, 3.63) is 83.9 Å². The number of fused-ring (bicyclic) bond motifs is 1. The lowest BCUT2D eigenvalue weighted by molar-refractivity contribution is -0.0477. The number of rotatable bonds is 3. The minimum absolute atomic E-state index is 0.174. The Balaban J connectivity index is 2.04. The van der Waals surface area contributed by atoms with Crippen LogP contribution in [0.4, 0.5) is 0 Å². The van der Waals surface area contributed by atoms with Gasteiger partial charge in [-0.25, -0.2) is 0 Å². The van der Waals surface area contributed by atoms with Crippen molar-refractivity contribution < 1.29 is 9.90 Å². The van der Waals surface area contributed by atoms with E-state index in [-0.39, 0.29) is 5.91 Å². The maximum absolute atomic E-state index is 12.5. The topological polar surface area (TPSA) is 40.5 Å². The van der Waals surface area contributed by atoms with Gasteiger partial charge in [-0.15, -0.1) is 0 Å². The number of nitrogens with zero attached hydrogens (tertiary/aromatic N) is 1. The molecule has 3 heteroatoms. The van der Waals surface area contributed by atoms with Gasteiger partial charge in [-0.2, -0.15) is 0 Å². The summed E-state index contributed by atoms with van der Waals surface area (Å²) >= 11 is 0. The lowest BCUT2D eigenvalue weighted by atomic mass is 10.0. The molecule has 3 nitrogen and oxygen atoms in total. The van der Waals surface area contributed by atoms with Crippen molar-refractivity contribution >= 4 is 5.91 Å². The van der Waals surface area contributed by atoms with Crippen LogP contribution in [-0.4, -0.2) is 15.9 Å². The molecule has 0 radical (unpaired) electrons. The average Bonchev–Trinajstić information content (AvgIpc) is 2.72. The van der Waals surface area contributed by atoms with E-state index in [1.165, 1.54) is 11.0 Å². The third-order valence-electron chi connectivity index (χ3n) is 3.68. The number of hydrogen-bond donors (Lipinski definition) is 1. The second kappa shape index (κ2) is 4.62. The minimum atomic E-state index is -1.44. The molecule has 1 heterocycles. The number of amides is 1. The number of aliphatic hydroxyl groups is 1. The van der Waals surface area contributed by atoms with Crippen molar-refractivity contribution in [1.29, 1.82) is 0 Å². The number of carbonyl (C=O) groups excluding carboxylic acids is 1. The van der Waals surface area contributed by atoms with Gasteiger partial charge in [0.1, 0.15) is 0 Å². The van der Waals surface area contributed by atoms with Crippen molar-refractivity contribution in [3.8, 4) is 0 Å². The van der Waals surface area contributed by atoms with E-state index in [1.54, 1.807) is 18.2 Å². The molecule has 20 heavy (non-hydrogen) atoms. The molecule has 1 unspecified atom stereocenters. The van der Waals surface area contributed by atoms with Gasteiger partial charge in [0.2, 0.25) is 0 Å². The third kappa shape index (κ3) is 1.75. The van der Waals surface area contributed by atoms with Crippen LogP contribution in [0.25, 0.3) is 0 Å². The molecule has 1 N–H and O–H groups in total. The zero-order chi connectivity index (χ0) is 14.2. The summed E-state index contributed by atoms with van der Waals surface area (Å²) in [7, 11) is 0. The highest BCUT2D eigenvalue weighted by Crippen LogP contribution is 2.38. The van der Waals surface area contributed by atoms with Gasteiger partial charge in [0.05, 0.1) is 0 Å². The van der Waals surface area contributed by atoms with Gasteiger partial charge < -0.3 is 5.11 Å². The maximum Gasteiger partial charge on any atom is 0.257 e. The molecule has 0 spiro atoms. The Morgan fingerprint density at radius 1 is 1.10 bits per heavy atom. The highest BCUT2D eigenvalue weighted by molar-refractivity contribution is 6.00. The van der Waals surface area contributed by atoms with Gasteiger partial charge in [0.25, 0.3) is 5.91 Å². The maximum atomic E-state index is 12.5. The molecule has 1 atom stereocenters. The second-order valence-corrected chi connectivity index (χ2v) is 4.85. The van der Waals surface area contributed by atoms with Gasteiger partial charge in [0, 0.05) is 17.7 Å². The molecule has 0 fully saturated rings. The average molecular weight is 265 g/mol. The molecule has 2 aromatic rings. The third-order valence-corrected chi connectivity index (χ3v) is 3.68. The Bertz CT molecular complexity index is 666. The van der Waals surface area contributed by atoms with Crippen LogP contribution < -0.4 is 0 Å². The summed E-state index contributed by atoms with van der Waals surface area (Å²) in [6.45, 7) is 4.04. The summed E-state index contributed by atoms with van der Waals surface area (Å²) in [5.41, 5.74) is 0.652. The zero-order valence-corrected chi connectivity index (χ0v) is 11.0. The molecule has 0 aliphatic carbocycles. The first-order valence-corrected chi connectivity index (χ1v) is 6.48. The first kappa shape index (κ1) is 12.6. The van der Waals surface area contributed by atoms with E-state index < -0.39 is 5.72 Å². The Kier molecular flexibility index (Phi) is 2.92. The van der Waals surface area contributed by atoms with E-state index in [9.17, 15) is 9.90 Å². The van der Waals surface area contributed by atoms with E-state index in [0.29, 0.717) is 17.7 Å².